The number of hydrogen-bond donors (Lipinski definition) is 1. The first-order chi connectivity index (χ1) is 14.6. The number of amides is 2. The van der Waals surface area contributed by atoms with Gasteiger partial charge in [0.25, 0.3) is 0 Å². The Bertz CT molecular complexity index is 945. The van der Waals surface area contributed by atoms with Gasteiger partial charge in [0.05, 0.1) is 22.5 Å². The van der Waals surface area contributed by atoms with Crippen LogP contribution in [-0.4, -0.2) is 43.5 Å². The van der Waals surface area contributed by atoms with Crippen molar-refractivity contribution in [2.45, 2.75) is 24.4 Å². The van der Waals surface area contributed by atoms with Crippen LogP contribution in [0.1, 0.15) is 24.0 Å². The summed E-state index contributed by atoms with van der Waals surface area (Å²) in [5.41, 5.74) is -1.05. The molecule has 2 amide bonds. The van der Waals surface area contributed by atoms with Crippen LogP contribution in [0, 0.1) is 0 Å². The lowest BCUT2D eigenvalue weighted by atomic mass is 9.73. The number of hydrogen-bond acceptors (Lipinski definition) is 3. The van der Waals surface area contributed by atoms with E-state index in [0.717, 1.165) is 17.7 Å². The summed E-state index contributed by atoms with van der Waals surface area (Å²) in [5, 5.41) is 1.95. The van der Waals surface area contributed by atoms with E-state index in [0.29, 0.717) is 26.1 Å². The van der Waals surface area contributed by atoms with Gasteiger partial charge < -0.3 is 15.0 Å². The van der Waals surface area contributed by atoms with Gasteiger partial charge in [0.15, 0.2) is 0 Å². The van der Waals surface area contributed by atoms with Gasteiger partial charge in [-0.1, -0.05) is 41.9 Å². The topological polar surface area (TPSA) is 58.6 Å². The third-order valence-corrected chi connectivity index (χ3v) is 5.69. The van der Waals surface area contributed by atoms with Crippen LogP contribution >= 0.6 is 11.6 Å². The number of carbonyl (C=O) groups is 2. The van der Waals surface area contributed by atoms with Crippen LogP contribution in [0.4, 0.5) is 18.9 Å². The lowest BCUT2D eigenvalue weighted by Crippen LogP contribution is -2.50. The van der Waals surface area contributed by atoms with Crippen LogP contribution < -0.4 is 5.32 Å². The number of nitrogens with one attached hydrogen (secondary N) is 1. The first kappa shape index (κ1) is 23.1. The lowest BCUT2D eigenvalue weighted by molar-refractivity contribution is -0.142. The molecule has 0 bridgehead atoms. The smallest absolute Gasteiger partial charge is 0.381 e. The SMILES string of the molecule is CN(CC(=O)Nc1ccc(Cl)c(C(F)(F)F)c1)C(=O)C1(c2ccccc2)CCOCC1. The molecule has 1 N–H and O–H groups in total. The molecule has 2 aromatic rings. The highest BCUT2D eigenvalue weighted by Crippen LogP contribution is 2.37. The first-order valence-corrected chi connectivity index (χ1v) is 10.1. The zero-order chi connectivity index (χ0) is 22.6. The monoisotopic (exact) mass is 454 g/mol. The van der Waals surface area contributed by atoms with E-state index in [-0.39, 0.29) is 18.1 Å². The maximum absolute atomic E-state index is 13.4. The second-order valence-electron chi connectivity index (χ2n) is 7.46. The number of halogens is 4. The molecule has 2 aromatic carbocycles. The molecular formula is C22H22ClF3N2O3. The molecule has 0 spiro atoms. The molecule has 3 rings (SSSR count). The van der Waals surface area contributed by atoms with Crippen molar-refractivity contribution < 1.29 is 27.5 Å². The van der Waals surface area contributed by atoms with E-state index in [4.69, 9.17) is 16.3 Å². The van der Waals surface area contributed by atoms with E-state index in [1.165, 1.54) is 18.0 Å². The Balaban J connectivity index is 1.74. The van der Waals surface area contributed by atoms with Crippen molar-refractivity contribution >= 4 is 29.1 Å². The molecule has 0 saturated carbocycles. The number of rotatable bonds is 5. The Labute approximate surface area is 183 Å². The number of benzene rings is 2. The van der Waals surface area contributed by atoms with Gasteiger partial charge in [-0.05, 0) is 36.6 Å². The zero-order valence-electron chi connectivity index (χ0n) is 16.8. The quantitative estimate of drug-likeness (QED) is 0.723. The zero-order valence-corrected chi connectivity index (χ0v) is 17.6. The van der Waals surface area contributed by atoms with E-state index in [2.05, 4.69) is 5.32 Å². The van der Waals surface area contributed by atoms with E-state index in [1.807, 2.05) is 30.3 Å². The molecule has 9 heteroatoms. The molecule has 0 unspecified atom stereocenters. The highest BCUT2D eigenvalue weighted by molar-refractivity contribution is 6.31. The molecule has 31 heavy (non-hydrogen) atoms. The van der Waals surface area contributed by atoms with Crippen molar-refractivity contribution in [2.24, 2.45) is 0 Å². The Morgan fingerprint density at radius 1 is 1.13 bits per heavy atom. The highest BCUT2D eigenvalue weighted by atomic mass is 35.5. The number of alkyl halides is 3. The fraction of sp³-hybridized carbons (Fsp3) is 0.364. The van der Waals surface area contributed by atoms with Gasteiger partial charge in [0.1, 0.15) is 0 Å². The van der Waals surface area contributed by atoms with E-state index < -0.39 is 28.1 Å². The molecule has 1 aliphatic rings. The Hall–Kier alpha value is -2.58. The number of ether oxygens (including phenoxy) is 1. The summed E-state index contributed by atoms with van der Waals surface area (Å²) in [7, 11) is 1.51. The number of anilines is 1. The highest BCUT2D eigenvalue weighted by Gasteiger charge is 2.43. The largest absolute Gasteiger partial charge is 0.417 e. The normalized spacial score (nSPS) is 15.9. The van der Waals surface area contributed by atoms with Crippen molar-refractivity contribution in [2.75, 3.05) is 32.1 Å². The average molecular weight is 455 g/mol. The molecule has 1 heterocycles. The van der Waals surface area contributed by atoms with Gasteiger partial charge in [0, 0.05) is 25.9 Å². The maximum atomic E-state index is 13.4. The van der Waals surface area contributed by atoms with Gasteiger partial charge in [-0.3, -0.25) is 9.59 Å². The van der Waals surface area contributed by atoms with E-state index in [1.54, 1.807) is 0 Å². The molecule has 0 radical (unpaired) electrons. The average Bonchev–Trinajstić information content (AvgIpc) is 2.74. The van der Waals surface area contributed by atoms with Gasteiger partial charge in [-0.2, -0.15) is 13.2 Å². The van der Waals surface area contributed by atoms with Crippen molar-refractivity contribution in [3.8, 4) is 0 Å². The summed E-state index contributed by atoms with van der Waals surface area (Å²) in [6, 6.07) is 12.4. The minimum absolute atomic E-state index is 0.0496. The summed E-state index contributed by atoms with van der Waals surface area (Å²) in [4.78, 5) is 27.1. The summed E-state index contributed by atoms with van der Waals surface area (Å²) >= 11 is 5.61. The Kier molecular flexibility index (Phi) is 6.91. The first-order valence-electron chi connectivity index (χ1n) is 9.69. The second kappa shape index (κ2) is 9.28. The number of carbonyl (C=O) groups excluding carboxylic acids is 2. The van der Waals surface area contributed by atoms with Gasteiger partial charge in [-0.25, -0.2) is 0 Å². The predicted molar refractivity (Wildman–Crippen MR) is 111 cm³/mol. The van der Waals surface area contributed by atoms with Gasteiger partial charge in [0.2, 0.25) is 11.8 Å². The fourth-order valence-corrected chi connectivity index (χ4v) is 4.00. The summed E-state index contributed by atoms with van der Waals surface area (Å²) in [6.45, 7) is 0.537. The minimum Gasteiger partial charge on any atom is -0.381 e. The van der Waals surface area contributed by atoms with Crippen LogP contribution in [0.5, 0.6) is 0 Å². The van der Waals surface area contributed by atoms with Gasteiger partial charge in [-0.15, -0.1) is 0 Å². The molecule has 0 aliphatic carbocycles. The third kappa shape index (κ3) is 5.19. The third-order valence-electron chi connectivity index (χ3n) is 5.37. The van der Waals surface area contributed by atoms with Crippen molar-refractivity contribution in [1.29, 1.82) is 0 Å². The molecule has 1 fully saturated rings. The van der Waals surface area contributed by atoms with Crippen LogP contribution in [0.15, 0.2) is 48.5 Å². The van der Waals surface area contributed by atoms with Gasteiger partial charge >= 0.3 is 6.18 Å². The second-order valence-corrected chi connectivity index (χ2v) is 7.87. The van der Waals surface area contributed by atoms with Crippen LogP contribution in [0.25, 0.3) is 0 Å². The summed E-state index contributed by atoms with van der Waals surface area (Å²) in [5.74, 6) is -0.842. The Morgan fingerprint density at radius 3 is 2.39 bits per heavy atom. The lowest BCUT2D eigenvalue weighted by Gasteiger charge is -2.38. The molecule has 166 valence electrons. The van der Waals surface area contributed by atoms with Crippen molar-refractivity contribution in [3.63, 3.8) is 0 Å². The Morgan fingerprint density at radius 2 is 1.77 bits per heavy atom. The standard InChI is InChI=1S/C22H22ClF3N2O3/c1-28(14-19(29)27-16-7-8-18(23)17(13-16)22(24,25)26)20(30)21(9-11-31-12-10-21)15-5-3-2-4-6-15/h2-8,13H,9-12,14H2,1H3,(H,27,29). The summed E-state index contributed by atoms with van der Waals surface area (Å²) < 4.78 is 44.5. The fourth-order valence-electron chi connectivity index (χ4n) is 3.78. The molecule has 5 nitrogen and oxygen atoms in total. The summed E-state index contributed by atoms with van der Waals surface area (Å²) in [6.07, 6.45) is -3.68. The van der Waals surface area contributed by atoms with Crippen LogP contribution in [0.2, 0.25) is 5.02 Å². The van der Waals surface area contributed by atoms with E-state index >= 15 is 0 Å². The van der Waals surface area contributed by atoms with Crippen LogP contribution in [0.3, 0.4) is 0 Å². The number of likely N-dealkylation sites (N-methyl/N-ethyl adjacent to an activating group) is 1. The maximum Gasteiger partial charge on any atom is 0.417 e. The minimum atomic E-state index is -4.64. The predicted octanol–water partition coefficient (Wildman–Crippen LogP) is 4.50. The molecular weight excluding hydrogens is 433 g/mol. The molecule has 1 saturated heterocycles. The molecule has 0 aromatic heterocycles. The van der Waals surface area contributed by atoms with E-state index in [9.17, 15) is 22.8 Å². The molecule has 1 aliphatic heterocycles. The van der Waals surface area contributed by atoms with Crippen molar-refractivity contribution in [1.82, 2.24) is 4.90 Å². The number of nitrogens with zero attached hydrogens (tertiary/aromatic N) is 1. The van der Waals surface area contributed by atoms with Crippen LogP contribution in [-0.2, 0) is 25.9 Å². The molecule has 0 atom stereocenters. The van der Waals surface area contributed by atoms with Crippen molar-refractivity contribution in [3.05, 3.63) is 64.7 Å².